The van der Waals surface area contributed by atoms with Gasteiger partial charge in [0.2, 0.25) is 0 Å². The van der Waals surface area contributed by atoms with E-state index in [9.17, 15) is 0 Å². The predicted octanol–water partition coefficient (Wildman–Crippen LogP) is 3.53. The molecule has 5 nitrogen and oxygen atoms in total. The van der Waals surface area contributed by atoms with Crippen LogP contribution >= 0.6 is 11.3 Å². The maximum absolute atomic E-state index is 5.74. The van der Waals surface area contributed by atoms with Crippen LogP contribution in [-0.4, -0.2) is 32.3 Å². The molecular formula is C18H23N3O2S. The van der Waals surface area contributed by atoms with E-state index in [0.717, 1.165) is 49.1 Å². The van der Waals surface area contributed by atoms with Gasteiger partial charge >= 0.3 is 0 Å². The van der Waals surface area contributed by atoms with Gasteiger partial charge in [-0.15, -0.1) is 0 Å². The minimum Gasteiger partial charge on any atom is -0.490 e. The highest BCUT2D eigenvalue weighted by Crippen LogP contribution is 2.32. The number of fused-ring (bicyclic) bond motifs is 1. The van der Waals surface area contributed by atoms with Crippen LogP contribution in [0.1, 0.15) is 18.9 Å². The summed E-state index contributed by atoms with van der Waals surface area (Å²) in [4.78, 5) is 4.64. The Morgan fingerprint density at radius 3 is 2.88 bits per heavy atom. The van der Waals surface area contributed by atoms with E-state index in [1.165, 1.54) is 5.56 Å². The van der Waals surface area contributed by atoms with Crippen molar-refractivity contribution in [2.45, 2.75) is 19.8 Å². The number of guanidine groups is 1. The number of benzene rings is 1. The first kappa shape index (κ1) is 16.6. The summed E-state index contributed by atoms with van der Waals surface area (Å²) in [5, 5.41) is 10.9. The summed E-state index contributed by atoms with van der Waals surface area (Å²) in [5.41, 5.74) is 2.27. The molecule has 1 aromatic heterocycles. The van der Waals surface area contributed by atoms with E-state index in [2.05, 4.69) is 39.4 Å². The average molecular weight is 345 g/mol. The summed E-state index contributed by atoms with van der Waals surface area (Å²) in [6, 6.07) is 8.04. The highest BCUT2D eigenvalue weighted by molar-refractivity contribution is 7.07. The normalized spacial score (nSPS) is 14.1. The number of anilines is 1. The lowest BCUT2D eigenvalue weighted by Crippen LogP contribution is -2.30. The van der Waals surface area contributed by atoms with Crippen molar-refractivity contribution in [2.24, 2.45) is 4.99 Å². The number of aliphatic imine (C=N–C) groups is 1. The van der Waals surface area contributed by atoms with E-state index < -0.39 is 0 Å². The minimum atomic E-state index is 0.686. The molecule has 0 aliphatic carbocycles. The van der Waals surface area contributed by atoms with Gasteiger partial charge in [-0.2, -0.15) is 11.3 Å². The molecule has 0 saturated heterocycles. The van der Waals surface area contributed by atoms with Crippen LogP contribution in [0.25, 0.3) is 0 Å². The highest BCUT2D eigenvalue weighted by Gasteiger charge is 2.11. The molecule has 0 radical (unpaired) electrons. The van der Waals surface area contributed by atoms with Gasteiger partial charge in [0.1, 0.15) is 0 Å². The van der Waals surface area contributed by atoms with Crippen LogP contribution in [0.2, 0.25) is 0 Å². The molecule has 2 N–H and O–H groups in total. The van der Waals surface area contributed by atoms with Crippen molar-refractivity contribution in [1.82, 2.24) is 5.32 Å². The lowest BCUT2D eigenvalue weighted by atomic mass is 10.2. The van der Waals surface area contributed by atoms with Gasteiger partial charge in [0.15, 0.2) is 17.5 Å². The SMILES string of the molecule is CCNC(=NCCc1ccsc1)Nc1ccc2c(c1)OCCCO2. The Labute approximate surface area is 146 Å². The number of nitrogens with zero attached hydrogens (tertiary/aromatic N) is 1. The van der Waals surface area contributed by atoms with Crippen LogP contribution in [0.15, 0.2) is 40.0 Å². The largest absolute Gasteiger partial charge is 0.490 e. The zero-order valence-electron chi connectivity index (χ0n) is 13.9. The summed E-state index contributed by atoms with van der Waals surface area (Å²) >= 11 is 1.72. The van der Waals surface area contributed by atoms with Crippen LogP contribution in [0.5, 0.6) is 11.5 Å². The smallest absolute Gasteiger partial charge is 0.195 e. The number of thiophene rings is 1. The van der Waals surface area contributed by atoms with Crippen molar-refractivity contribution in [1.29, 1.82) is 0 Å². The monoisotopic (exact) mass is 345 g/mol. The van der Waals surface area contributed by atoms with E-state index in [4.69, 9.17) is 9.47 Å². The topological polar surface area (TPSA) is 54.9 Å². The number of rotatable bonds is 5. The van der Waals surface area contributed by atoms with Gasteiger partial charge in [-0.3, -0.25) is 4.99 Å². The van der Waals surface area contributed by atoms with Gasteiger partial charge in [-0.1, -0.05) is 0 Å². The van der Waals surface area contributed by atoms with Gasteiger partial charge < -0.3 is 20.1 Å². The molecule has 0 unspecified atom stereocenters. The molecule has 2 heterocycles. The number of hydrogen-bond donors (Lipinski definition) is 2. The summed E-state index contributed by atoms with van der Waals surface area (Å²) in [7, 11) is 0. The quantitative estimate of drug-likeness (QED) is 0.643. The molecule has 0 spiro atoms. The van der Waals surface area contributed by atoms with E-state index in [0.29, 0.717) is 13.2 Å². The Balaban J connectivity index is 1.65. The molecule has 0 saturated carbocycles. The van der Waals surface area contributed by atoms with Crippen molar-refractivity contribution < 1.29 is 9.47 Å². The summed E-state index contributed by atoms with van der Waals surface area (Å²) < 4.78 is 11.4. The maximum atomic E-state index is 5.74. The molecule has 1 aliphatic heterocycles. The Morgan fingerprint density at radius 2 is 2.08 bits per heavy atom. The van der Waals surface area contributed by atoms with Gasteiger partial charge in [-0.05, 0) is 47.9 Å². The standard InChI is InChI=1S/C18H23N3O2S/c1-2-19-18(20-8-6-14-7-11-24-13-14)21-15-4-5-16-17(12-15)23-10-3-9-22-16/h4-5,7,11-13H,2-3,6,8-10H2,1H3,(H2,19,20,21). The van der Waals surface area contributed by atoms with Crippen LogP contribution in [-0.2, 0) is 6.42 Å². The predicted molar refractivity (Wildman–Crippen MR) is 99.7 cm³/mol. The van der Waals surface area contributed by atoms with Crippen molar-refractivity contribution >= 4 is 23.0 Å². The maximum Gasteiger partial charge on any atom is 0.195 e. The van der Waals surface area contributed by atoms with Gasteiger partial charge in [0, 0.05) is 31.3 Å². The van der Waals surface area contributed by atoms with E-state index in [1.807, 2.05) is 18.2 Å². The average Bonchev–Trinajstić information content (AvgIpc) is 2.99. The first-order valence-electron chi connectivity index (χ1n) is 8.31. The molecule has 128 valence electrons. The second-order valence-electron chi connectivity index (χ2n) is 5.48. The van der Waals surface area contributed by atoms with Crippen molar-refractivity contribution in [3.8, 4) is 11.5 Å². The fraction of sp³-hybridized carbons (Fsp3) is 0.389. The molecule has 0 fully saturated rings. The van der Waals surface area contributed by atoms with Gasteiger partial charge in [0.05, 0.1) is 13.2 Å². The fourth-order valence-electron chi connectivity index (χ4n) is 2.42. The Bertz CT molecular complexity index is 671. The molecule has 0 amide bonds. The van der Waals surface area contributed by atoms with E-state index in [1.54, 1.807) is 11.3 Å². The van der Waals surface area contributed by atoms with Crippen molar-refractivity contribution in [3.63, 3.8) is 0 Å². The van der Waals surface area contributed by atoms with Crippen LogP contribution in [0, 0.1) is 0 Å². The zero-order valence-corrected chi connectivity index (χ0v) is 14.7. The first-order chi connectivity index (χ1) is 11.8. The minimum absolute atomic E-state index is 0.686. The zero-order chi connectivity index (χ0) is 16.6. The third-order valence-corrected chi connectivity index (χ3v) is 4.34. The van der Waals surface area contributed by atoms with Gasteiger partial charge in [-0.25, -0.2) is 0 Å². The molecule has 3 rings (SSSR count). The molecule has 1 aliphatic rings. The van der Waals surface area contributed by atoms with Crippen LogP contribution in [0.4, 0.5) is 5.69 Å². The second kappa shape index (κ2) is 8.59. The molecule has 0 bridgehead atoms. The van der Waals surface area contributed by atoms with Crippen LogP contribution < -0.4 is 20.1 Å². The van der Waals surface area contributed by atoms with E-state index in [-0.39, 0.29) is 0 Å². The lowest BCUT2D eigenvalue weighted by Gasteiger charge is -2.13. The molecule has 2 aromatic rings. The molecule has 6 heteroatoms. The Morgan fingerprint density at radius 1 is 1.21 bits per heavy atom. The highest BCUT2D eigenvalue weighted by atomic mass is 32.1. The Kier molecular flexibility index (Phi) is 5.96. The van der Waals surface area contributed by atoms with Crippen molar-refractivity contribution in [3.05, 3.63) is 40.6 Å². The number of nitrogens with one attached hydrogen (secondary N) is 2. The Hall–Kier alpha value is -2.21. The van der Waals surface area contributed by atoms with Crippen LogP contribution in [0.3, 0.4) is 0 Å². The van der Waals surface area contributed by atoms with E-state index >= 15 is 0 Å². The van der Waals surface area contributed by atoms with Gasteiger partial charge in [0.25, 0.3) is 0 Å². The summed E-state index contributed by atoms with van der Waals surface area (Å²) in [6.07, 6.45) is 1.85. The molecule has 24 heavy (non-hydrogen) atoms. The third-order valence-electron chi connectivity index (χ3n) is 3.60. The summed E-state index contributed by atoms with van der Waals surface area (Å²) in [6.45, 7) is 5.01. The fourth-order valence-corrected chi connectivity index (χ4v) is 3.12. The number of ether oxygens (including phenoxy) is 2. The number of hydrogen-bond acceptors (Lipinski definition) is 4. The second-order valence-corrected chi connectivity index (χ2v) is 6.26. The third kappa shape index (κ3) is 4.64. The first-order valence-corrected chi connectivity index (χ1v) is 9.25. The molecule has 0 atom stereocenters. The lowest BCUT2D eigenvalue weighted by molar-refractivity contribution is 0.297. The molecule has 1 aromatic carbocycles. The molecular weight excluding hydrogens is 322 g/mol. The van der Waals surface area contributed by atoms with Crippen molar-refractivity contribution in [2.75, 3.05) is 31.6 Å². The summed E-state index contributed by atoms with van der Waals surface area (Å²) in [5.74, 6) is 2.37.